The molecule has 0 aromatic rings. The summed E-state index contributed by atoms with van der Waals surface area (Å²) in [6.07, 6.45) is 4.68. The summed E-state index contributed by atoms with van der Waals surface area (Å²) in [7, 11) is 0. The zero-order valence-electron chi connectivity index (χ0n) is 11.6. The number of rotatable bonds is 10. The third-order valence-electron chi connectivity index (χ3n) is 2.63. The smallest absolute Gasteiger partial charge is 0.334 e. The molecule has 0 unspecified atom stereocenters. The SMILES string of the molecule is C=C(CN(CCCC)CCCC)C(=O)OCC. The molecule has 0 saturated heterocycles. The Morgan fingerprint density at radius 2 is 1.65 bits per heavy atom. The lowest BCUT2D eigenvalue weighted by molar-refractivity contribution is -0.138. The summed E-state index contributed by atoms with van der Waals surface area (Å²) in [5.74, 6) is -0.259. The van der Waals surface area contributed by atoms with Crippen molar-refractivity contribution in [3.8, 4) is 0 Å². The van der Waals surface area contributed by atoms with Crippen molar-refractivity contribution in [1.29, 1.82) is 0 Å². The number of hydrogen-bond acceptors (Lipinski definition) is 3. The average Bonchev–Trinajstić information content (AvgIpc) is 2.32. The van der Waals surface area contributed by atoms with Crippen molar-refractivity contribution in [3.05, 3.63) is 12.2 Å². The van der Waals surface area contributed by atoms with Gasteiger partial charge in [-0.3, -0.25) is 4.90 Å². The van der Waals surface area contributed by atoms with Gasteiger partial charge in [0.2, 0.25) is 0 Å². The van der Waals surface area contributed by atoms with E-state index in [1.807, 2.05) is 6.92 Å². The van der Waals surface area contributed by atoms with Crippen LogP contribution in [0.4, 0.5) is 0 Å². The monoisotopic (exact) mass is 241 g/mol. The number of hydrogen-bond donors (Lipinski definition) is 0. The predicted molar refractivity (Wildman–Crippen MR) is 72.0 cm³/mol. The molecule has 3 nitrogen and oxygen atoms in total. The van der Waals surface area contributed by atoms with Gasteiger partial charge in [0.15, 0.2) is 0 Å². The predicted octanol–water partition coefficient (Wildman–Crippen LogP) is 3.01. The first-order valence-electron chi connectivity index (χ1n) is 6.72. The summed E-state index contributed by atoms with van der Waals surface area (Å²) in [5, 5.41) is 0. The van der Waals surface area contributed by atoms with E-state index in [4.69, 9.17) is 4.74 Å². The second-order valence-corrected chi connectivity index (χ2v) is 4.31. The molecule has 3 heteroatoms. The van der Waals surface area contributed by atoms with E-state index in [1.54, 1.807) is 0 Å². The number of esters is 1. The van der Waals surface area contributed by atoms with Crippen LogP contribution in [0.5, 0.6) is 0 Å². The van der Waals surface area contributed by atoms with E-state index < -0.39 is 0 Å². The van der Waals surface area contributed by atoms with E-state index in [0.717, 1.165) is 13.1 Å². The van der Waals surface area contributed by atoms with E-state index >= 15 is 0 Å². The second-order valence-electron chi connectivity index (χ2n) is 4.31. The molecule has 0 heterocycles. The Bertz CT molecular complexity index is 218. The number of nitrogens with zero attached hydrogens (tertiary/aromatic N) is 1. The molecule has 17 heavy (non-hydrogen) atoms. The lowest BCUT2D eigenvalue weighted by atomic mass is 10.2. The molecule has 0 amide bonds. The van der Waals surface area contributed by atoms with Crippen molar-refractivity contribution >= 4 is 5.97 Å². The van der Waals surface area contributed by atoms with Crippen LogP contribution in [0, 0.1) is 0 Å². The van der Waals surface area contributed by atoms with Crippen LogP contribution in [-0.2, 0) is 9.53 Å². The maximum Gasteiger partial charge on any atom is 0.334 e. The minimum absolute atomic E-state index is 0.259. The van der Waals surface area contributed by atoms with Crippen LogP contribution < -0.4 is 0 Å². The zero-order valence-corrected chi connectivity index (χ0v) is 11.6. The minimum Gasteiger partial charge on any atom is -0.463 e. The van der Waals surface area contributed by atoms with Crippen LogP contribution in [0.2, 0.25) is 0 Å². The summed E-state index contributed by atoms with van der Waals surface area (Å²) in [6, 6.07) is 0. The Hall–Kier alpha value is -0.830. The molecule has 0 aromatic heterocycles. The highest BCUT2D eigenvalue weighted by Gasteiger charge is 2.12. The van der Waals surface area contributed by atoms with Gasteiger partial charge in [-0.1, -0.05) is 33.3 Å². The van der Waals surface area contributed by atoms with E-state index in [9.17, 15) is 4.79 Å². The molecular weight excluding hydrogens is 214 g/mol. The van der Waals surface area contributed by atoms with Crippen LogP contribution in [0.1, 0.15) is 46.5 Å². The van der Waals surface area contributed by atoms with E-state index in [1.165, 1.54) is 25.7 Å². The molecule has 0 atom stereocenters. The Kier molecular flexibility index (Phi) is 9.83. The molecule has 0 fully saturated rings. The van der Waals surface area contributed by atoms with Gasteiger partial charge in [-0.15, -0.1) is 0 Å². The summed E-state index contributed by atoms with van der Waals surface area (Å²) >= 11 is 0. The highest BCUT2D eigenvalue weighted by Crippen LogP contribution is 2.04. The van der Waals surface area contributed by atoms with Crippen molar-refractivity contribution < 1.29 is 9.53 Å². The third-order valence-corrected chi connectivity index (χ3v) is 2.63. The van der Waals surface area contributed by atoms with E-state index in [2.05, 4.69) is 25.3 Å². The van der Waals surface area contributed by atoms with E-state index in [0.29, 0.717) is 18.7 Å². The van der Waals surface area contributed by atoms with Gasteiger partial charge in [0.1, 0.15) is 0 Å². The van der Waals surface area contributed by atoms with Crippen LogP contribution in [0.15, 0.2) is 12.2 Å². The highest BCUT2D eigenvalue weighted by atomic mass is 16.5. The maximum atomic E-state index is 11.5. The fraction of sp³-hybridized carbons (Fsp3) is 0.786. The van der Waals surface area contributed by atoms with Crippen LogP contribution in [-0.4, -0.2) is 37.1 Å². The minimum atomic E-state index is -0.259. The summed E-state index contributed by atoms with van der Waals surface area (Å²) < 4.78 is 4.95. The van der Waals surface area contributed by atoms with Crippen molar-refractivity contribution in [2.45, 2.75) is 46.5 Å². The van der Waals surface area contributed by atoms with Crippen LogP contribution in [0.25, 0.3) is 0 Å². The molecule has 0 aliphatic carbocycles. The Labute approximate surface area is 106 Å². The number of carbonyl (C=O) groups excluding carboxylic acids is 1. The molecule has 100 valence electrons. The highest BCUT2D eigenvalue weighted by molar-refractivity contribution is 5.88. The van der Waals surface area contributed by atoms with Crippen LogP contribution in [0.3, 0.4) is 0 Å². The fourth-order valence-corrected chi connectivity index (χ4v) is 1.60. The second kappa shape index (κ2) is 10.3. The summed E-state index contributed by atoms with van der Waals surface area (Å²) in [6.45, 7) is 13.1. The fourth-order valence-electron chi connectivity index (χ4n) is 1.60. The standard InChI is InChI=1S/C14H27NO2/c1-5-8-10-15(11-9-6-2)12-13(4)14(16)17-7-3/h4-12H2,1-3H3. The molecule has 0 spiro atoms. The lowest BCUT2D eigenvalue weighted by Crippen LogP contribution is -2.30. The maximum absolute atomic E-state index is 11.5. The summed E-state index contributed by atoms with van der Waals surface area (Å²) in [5.41, 5.74) is 0.569. The number of ether oxygens (including phenoxy) is 1. The first kappa shape index (κ1) is 16.2. The van der Waals surface area contributed by atoms with E-state index in [-0.39, 0.29) is 5.97 Å². The Balaban J connectivity index is 4.10. The number of carbonyl (C=O) groups is 1. The molecule has 0 saturated carbocycles. The molecule has 0 aliphatic heterocycles. The molecule has 0 rings (SSSR count). The van der Waals surface area contributed by atoms with Gasteiger partial charge in [0.05, 0.1) is 6.61 Å². The quantitative estimate of drug-likeness (QED) is 0.435. The Morgan fingerprint density at radius 3 is 2.06 bits per heavy atom. The normalized spacial score (nSPS) is 10.6. The van der Waals surface area contributed by atoms with Crippen molar-refractivity contribution in [1.82, 2.24) is 4.90 Å². The summed E-state index contributed by atoms with van der Waals surface area (Å²) in [4.78, 5) is 13.8. The van der Waals surface area contributed by atoms with Crippen LogP contribution >= 0.6 is 0 Å². The van der Waals surface area contributed by atoms with Gasteiger partial charge in [0.25, 0.3) is 0 Å². The molecule has 0 bridgehead atoms. The van der Waals surface area contributed by atoms with Gasteiger partial charge >= 0.3 is 5.97 Å². The van der Waals surface area contributed by atoms with Crippen molar-refractivity contribution in [2.24, 2.45) is 0 Å². The third kappa shape index (κ3) is 7.97. The molecule has 0 aliphatic rings. The molecule has 0 aromatic carbocycles. The lowest BCUT2D eigenvalue weighted by Gasteiger charge is -2.22. The van der Waals surface area contributed by atoms with Gasteiger partial charge in [-0.2, -0.15) is 0 Å². The van der Waals surface area contributed by atoms with Gasteiger partial charge < -0.3 is 4.74 Å². The van der Waals surface area contributed by atoms with Gasteiger partial charge in [-0.05, 0) is 32.9 Å². The van der Waals surface area contributed by atoms with Gasteiger partial charge in [-0.25, -0.2) is 4.79 Å². The van der Waals surface area contributed by atoms with Crippen molar-refractivity contribution in [3.63, 3.8) is 0 Å². The largest absolute Gasteiger partial charge is 0.463 e. The van der Waals surface area contributed by atoms with Gasteiger partial charge in [0, 0.05) is 12.1 Å². The average molecular weight is 241 g/mol. The first-order valence-corrected chi connectivity index (χ1v) is 6.72. The number of unbranched alkanes of at least 4 members (excludes halogenated alkanes) is 2. The topological polar surface area (TPSA) is 29.5 Å². The molecular formula is C14H27NO2. The zero-order chi connectivity index (χ0) is 13.1. The molecule has 0 N–H and O–H groups in total. The van der Waals surface area contributed by atoms with Crippen molar-refractivity contribution in [2.75, 3.05) is 26.2 Å². The molecule has 0 radical (unpaired) electrons. The Morgan fingerprint density at radius 1 is 1.12 bits per heavy atom. The first-order chi connectivity index (χ1) is 8.15.